The molecule has 5 N–H and O–H groups in total. The van der Waals surface area contributed by atoms with Gasteiger partial charge >= 0.3 is 5.97 Å². The fourth-order valence-corrected chi connectivity index (χ4v) is 3.04. The predicted molar refractivity (Wildman–Crippen MR) is 98.0 cm³/mol. The molecule has 3 rings (SSSR count). The topological polar surface area (TPSA) is 136 Å². The van der Waals surface area contributed by atoms with Crippen LogP contribution in [0, 0.1) is 0 Å². The average Bonchev–Trinajstić information content (AvgIpc) is 2.69. The number of aliphatic hydroxyl groups excluding tert-OH is 3. The number of nitrogens with one attached hydrogen (secondary N) is 1. The second-order valence-electron chi connectivity index (χ2n) is 6.59. The Hall–Kier alpha value is -2.78. The van der Waals surface area contributed by atoms with Crippen molar-refractivity contribution in [2.75, 3.05) is 0 Å². The van der Waals surface area contributed by atoms with Crippen molar-refractivity contribution >= 4 is 11.9 Å². The standard InChI is InChI=1S/C20H21NO7/c22-14(21-19-17(25)15(23)16(24)18(28-19)20(26)27)10-11-6-8-13(9-7-11)12-4-2-1-3-5-12/h1-9,15-19,23-25H,10H2,(H,21,22)(H,26,27)/t15?,16-,17?,18?,19+/m0/s1. The Morgan fingerprint density at radius 2 is 1.46 bits per heavy atom. The number of hydrogen-bond donors (Lipinski definition) is 5. The number of carboxylic acids is 1. The van der Waals surface area contributed by atoms with E-state index in [1.54, 1.807) is 12.1 Å². The van der Waals surface area contributed by atoms with Gasteiger partial charge < -0.3 is 30.5 Å². The number of ether oxygens (including phenoxy) is 1. The number of aliphatic hydroxyl groups is 3. The quantitative estimate of drug-likeness (QED) is 0.483. The zero-order chi connectivity index (χ0) is 20.3. The van der Waals surface area contributed by atoms with E-state index in [-0.39, 0.29) is 6.42 Å². The molecule has 2 aromatic carbocycles. The molecule has 1 fully saturated rings. The minimum absolute atomic E-state index is 0.0297. The van der Waals surface area contributed by atoms with Crippen molar-refractivity contribution in [3.05, 3.63) is 60.2 Å². The lowest BCUT2D eigenvalue weighted by Gasteiger charge is -2.38. The molecule has 8 heteroatoms. The molecule has 5 atom stereocenters. The predicted octanol–water partition coefficient (Wildman–Crippen LogP) is -0.0955. The van der Waals surface area contributed by atoms with E-state index in [0.717, 1.165) is 11.1 Å². The maximum absolute atomic E-state index is 12.3. The summed E-state index contributed by atoms with van der Waals surface area (Å²) in [6, 6.07) is 17.1. The molecular formula is C20H21NO7. The van der Waals surface area contributed by atoms with Crippen LogP contribution in [0.25, 0.3) is 11.1 Å². The zero-order valence-electron chi connectivity index (χ0n) is 14.8. The number of carbonyl (C=O) groups excluding carboxylic acids is 1. The number of hydrogen-bond acceptors (Lipinski definition) is 6. The van der Waals surface area contributed by atoms with Crippen molar-refractivity contribution in [1.29, 1.82) is 0 Å². The smallest absolute Gasteiger partial charge is 0.335 e. The van der Waals surface area contributed by atoms with Crippen LogP contribution in [-0.2, 0) is 20.7 Å². The van der Waals surface area contributed by atoms with Gasteiger partial charge in [-0.15, -0.1) is 0 Å². The van der Waals surface area contributed by atoms with E-state index in [9.17, 15) is 24.9 Å². The second kappa shape index (κ2) is 8.49. The summed E-state index contributed by atoms with van der Waals surface area (Å²) in [6.07, 6.45) is -8.45. The van der Waals surface area contributed by atoms with E-state index in [1.807, 2.05) is 42.5 Å². The number of rotatable bonds is 5. The molecule has 3 unspecified atom stereocenters. The van der Waals surface area contributed by atoms with Crippen LogP contribution in [0.4, 0.5) is 0 Å². The van der Waals surface area contributed by atoms with Gasteiger partial charge in [0.15, 0.2) is 12.3 Å². The summed E-state index contributed by atoms with van der Waals surface area (Å²) in [7, 11) is 0. The van der Waals surface area contributed by atoms with E-state index in [1.165, 1.54) is 0 Å². The molecule has 1 aliphatic heterocycles. The molecule has 0 saturated carbocycles. The van der Waals surface area contributed by atoms with Gasteiger partial charge in [-0.3, -0.25) is 4.79 Å². The zero-order valence-corrected chi connectivity index (χ0v) is 14.8. The van der Waals surface area contributed by atoms with Crippen LogP contribution in [0.15, 0.2) is 54.6 Å². The van der Waals surface area contributed by atoms with Crippen molar-refractivity contribution in [2.24, 2.45) is 0 Å². The van der Waals surface area contributed by atoms with Crippen LogP contribution in [0.2, 0.25) is 0 Å². The Morgan fingerprint density at radius 1 is 0.857 bits per heavy atom. The minimum atomic E-state index is -1.80. The lowest BCUT2D eigenvalue weighted by Crippen LogP contribution is -2.64. The molecule has 8 nitrogen and oxygen atoms in total. The highest BCUT2D eigenvalue weighted by molar-refractivity contribution is 5.79. The summed E-state index contributed by atoms with van der Waals surface area (Å²) in [5.41, 5.74) is 2.75. The third-order valence-electron chi connectivity index (χ3n) is 4.59. The van der Waals surface area contributed by atoms with Crippen LogP contribution in [-0.4, -0.2) is 62.9 Å². The van der Waals surface area contributed by atoms with E-state index in [0.29, 0.717) is 5.56 Å². The van der Waals surface area contributed by atoms with E-state index >= 15 is 0 Å². The molecule has 0 aromatic heterocycles. The van der Waals surface area contributed by atoms with E-state index in [2.05, 4.69) is 5.32 Å². The Labute approximate surface area is 161 Å². The molecule has 1 aliphatic rings. The van der Waals surface area contributed by atoms with Crippen LogP contribution in [0.5, 0.6) is 0 Å². The molecule has 0 spiro atoms. The first-order chi connectivity index (χ1) is 13.4. The normalized spacial score (nSPS) is 27.2. The Bertz CT molecular complexity index is 824. The monoisotopic (exact) mass is 387 g/mol. The summed E-state index contributed by atoms with van der Waals surface area (Å²) in [5.74, 6) is -2.03. The fourth-order valence-electron chi connectivity index (χ4n) is 3.04. The van der Waals surface area contributed by atoms with Gasteiger partial charge in [0.25, 0.3) is 0 Å². The Balaban J connectivity index is 1.62. The molecule has 1 heterocycles. The lowest BCUT2D eigenvalue weighted by atomic mass is 9.98. The van der Waals surface area contributed by atoms with Gasteiger partial charge in [0, 0.05) is 0 Å². The van der Waals surface area contributed by atoms with Gasteiger partial charge in [-0.1, -0.05) is 54.6 Å². The fraction of sp³-hybridized carbons (Fsp3) is 0.300. The summed E-state index contributed by atoms with van der Waals surface area (Å²) < 4.78 is 5.04. The molecular weight excluding hydrogens is 366 g/mol. The number of carboxylic acid groups (broad SMARTS) is 1. The lowest BCUT2D eigenvalue weighted by molar-refractivity contribution is -0.233. The van der Waals surface area contributed by atoms with Gasteiger partial charge in [-0.05, 0) is 16.7 Å². The highest BCUT2D eigenvalue weighted by Crippen LogP contribution is 2.21. The number of amides is 1. The Morgan fingerprint density at radius 3 is 2.07 bits per heavy atom. The first-order valence-electron chi connectivity index (χ1n) is 8.73. The summed E-state index contributed by atoms with van der Waals surface area (Å²) >= 11 is 0. The first kappa shape index (κ1) is 20.0. The summed E-state index contributed by atoms with van der Waals surface area (Å²) in [4.78, 5) is 23.3. The van der Waals surface area contributed by atoms with Crippen molar-refractivity contribution in [3.8, 4) is 11.1 Å². The first-order valence-corrected chi connectivity index (χ1v) is 8.73. The van der Waals surface area contributed by atoms with Gasteiger partial charge in [-0.25, -0.2) is 4.79 Å². The molecule has 0 radical (unpaired) electrons. The Kier molecular flexibility index (Phi) is 6.05. The van der Waals surface area contributed by atoms with Crippen molar-refractivity contribution in [1.82, 2.24) is 5.32 Å². The second-order valence-corrected chi connectivity index (χ2v) is 6.59. The molecule has 148 valence electrons. The number of benzene rings is 2. The summed E-state index contributed by atoms with van der Waals surface area (Å²) in [5, 5.41) is 40.8. The molecule has 1 amide bonds. The number of carbonyl (C=O) groups is 2. The third kappa shape index (κ3) is 4.37. The van der Waals surface area contributed by atoms with Crippen LogP contribution >= 0.6 is 0 Å². The van der Waals surface area contributed by atoms with Gasteiger partial charge in [0.1, 0.15) is 18.3 Å². The van der Waals surface area contributed by atoms with Crippen molar-refractivity contribution in [3.63, 3.8) is 0 Å². The SMILES string of the molecule is O=C(Cc1ccc(-c2ccccc2)cc1)N[C@@H]1OC(C(=O)O)[C@@H](O)C(O)C1O. The van der Waals surface area contributed by atoms with Crippen LogP contribution in [0.3, 0.4) is 0 Å². The average molecular weight is 387 g/mol. The minimum Gasteiger partial charge on any atom is -0.479 e. The highest BCUT2D eigenvalue weighted by atomic mass is 16.6. The largest absolute Gasteiger partial charge is 0.479 e. The van der Waals surface area contributed by atoms with Gasteiger partial charge in [0.2, 0.25) is 5.91 Å². The molecule has 28 heavy (non-hydrogen) atoms. The molecule has 2 aromatic rings. The van der Waals surface area contributed by atoms with E-state index in [4.69, 9.17) is 9.84 Å². The summed E-state index contributed by atoms with van der Waals surface area (Å²) in [6.45, 7) is 0. The van der Waals surface area contributed by atoms with E-state index < -0.39 is 42.5 Å². The van der Waals surface area contributed by atoms with Crippen molar-refractivity contribution in [2.45, 2.75) is 37.1 Å². The third-order valence-corrected chi connectivity index (χ3v) is 4.59. The van der Waals surface area contributed by atoms with Gasteiger partial charge in [0.05, 0.1) is 6.42 Å². The van der Waals surface area contributed by atoms with Crippen molar-refractivity contribution < 1.29 is 34.8 Å². The highest BCUT2D eigenvalue weighted by Gasteiger charge is 2.47. The van der Waals surface area contributed by atoms with Crippen LogP contribution in [0.1, 0.15) is 5.56 Å². The molecule has 1 saturated heterocycles. The molecule has 0 aliphatic carbocycles. The number of aliphatic carboxylic acids is 1. The van der Waals surface area contributed by atoms with Crippen LogP contribution < -0.4 is 5.32 Å². The maximum atomic E-state index is 12.3. The molecule has 0 bridgehead atoms. The van der Waals surface area contributed by atoms with Gasteiger partial charge in [-0.2, -0.15) is 0 Å². The maximum Gasteiger partial charge on any atom is 0.335 e.